The maximum atomic E-state index is 7.50. The second-order valence-corrected chi connectivity index (χ2v) is 9.21. The summed E-state index contributed by atoms with van der Waals surface area (Å²) in [5, 5.41) is 2.09. The van der Waals surface area contributed by atoms with Crippen LogP contribution >= 0.6 is 0 Å². The number of hydrogen-bond acceptors (Lipinski definition) is 3. The van der Waals surface area contributed by atoms with E-state index in [2.05, 4.69) is 121 Å². The monoisotopic (exact) mass is 685 g/mol. The number of hydrogen-bond donors (Lipinski definition) is 0. The van der Waals surface area contributed by atoms with Crippen molar-refractivity contribution in [2.75, 3.05) is 7.11 Å². The van der Waals surface area contributed by atoms with E-state index in [9.17, 15) is 0 Å². The van der Waals surface area contributed by atoms with E-state index < -0.39 is 0 Å². The normalized spacial score (nSPS) is 13.8. The van der Waals surface area contributed by atoms with E-state index >= 15 is 0 Å². The molecule has 1 aliphatic rings. The Kier molecular flexibility index (Phi) is 23.9. The predicted octanol–water partition coefficient (Wildman–Crippen LogP) is 5.27. The van der Waals surface area contributed by atoms with Crippen molar-refractivity contribution >= 4 is 10.2 Å². The van der Waals surface area contributed by atoms with Crippen molar-refractivity contribution < 1.29 is 52.2 Å². The van der Waals surface area contributed by atoms with Crippen molar-refractivity contribution in [3.63, 3.8) is 0 Å². The van der Waals surface area contributed by atoms with Gasteiger partial charge in [0, 0.05) is 0 Å². The molecule has 1 heterocycles. The van der Waals surface area contributed by atoms with Gasteiger partial charge in [-0.15, -0.1) is 0 Å². The van der Waals surface area contributed by atoms with Crippen LogP contribution in [0.5, 0.6) is 0 Å². The number of allylic oxidation sites excluding steroid dienone is 1. The molecule has 1 unspecified atom stereocenters. The van der Waals surface area contributed by atoms with Crippen LogP contribution in [-0.2, 0) is 52.2 Å². The third-order valence-corrected chi connectivity index (χ3v) is 6.05. The summed E-state index contributed by atoms with van der Waals surface area (Å²) in [6, 6.07) is 20.8. The van der Waals surface area contributed by atoms with E-state index in [1.54, 1.807) is 7.11 Å². The van der Waals surface area contributed by atoms with Crippen LogP contribution in [-0.4, -0.2) is 21.8 Å². The second kappa shape index (κ2) is 23.0. The minimum absolute atomic E-state index is 0.0113. The summed E-state index contributed by atoms with van der Waals surface area (Å²) in [5.74, 6) is 0.888. The zero-order valence-corrected chi connectivity index (χ0v) is 24.6. The fraction of sp³-hybridized carbons (Fsp3) is 0.241. The van der Waals surface area contributed by atoms with E-state index in [1.165, 1.54) is 24.9 Å². The molecule has 0 saturated carbocycles. The van der Waals surface area contributed by atoms with Gasteiger partial charge in [-0.2, -0.15) is 0 Å². The van der Waals surface area contributed by atoms with Crippen molar-refractivity contribution in [3.8, 4) is 0 Å². The van der Waals surface area contributed by atoms with Gasteiger partial charge in [0.15, 0.2) is 0 Å². The Labute approximate surface area is 235 Å². The van der Waals surface area contributed by atoms with Gasteiger partial charge in [0.1, 0.15) is 0 Å². The van der Waals surface area contributed by atoms with Gasteiger partial charge >= 0.3 is 236 Å². The van der Waals surface area contributed by atoms with Crippen molar-refractivity contribution in [1.29, 1.82) is 0 Å². The van der Waals surface area contributed by atoms with Crippen LogP contribution in [0, 0.1) is 33.3 Å². The molecule has 0 fully saturated rings. The molecule has 0 aliphatic carbocycles. The molecule has 0 amide bonds. The van der Waals surface area contributed by atoms with Gasteiger partial charge in [-0.05, 0) is 0 Å². The summed E-state index contributed by atoms with van der Waals surface area (Å²) in [6.45, 7) is 31.1. The molecule has 9 heteroatoms. The molecule has 0 N–H and O–H groups in total. The van der Waals surface area contributed by atoms with Gasteiger partial charge < -0.3 is 0 Å². The zero-order chi connectivity index (χ0) is 30.3. The molecule has 0 aromatic heterocycles. The molecule has 1 aliphatic heterocycles. The van der Waals surface area contributed by atoms with Gasteiger partial charge in [-0.25, -0.2) is 0 Å². The summed E-state index contributed by atoms with van der Waals surface area (Å²) in [7, 11) is 1.74. The van der Waals surface area contributed by atoms with Crippen LogP contribution in [0.1, 0.15) is 44.9 Å². The van der Waals surface area contributed by atoms with E-state index in [-0.39, 0.29) is 11.6 Å². The number of hydroxylamine groups is 2. The Balaban J connectivity index is -0.00000110. The van der Waals surface area contributed by atoms with E-state index in [0.29, 0.717) is 0 Å². The summed E-state index contributed by atoms with van der Waals surface area (Å²) in [5.41, 5.74) is 4.38. The molecule has 38 heavy (non-hydrogen) atoms. The molecule has 1 atom stereocenters. The van der Waals surface area contributed by atoms with Gasteiger partial charge in [-0.3, -0.25) is 0 Å². The quantitative estimate of drug-likeness (QED) is 0.315. The van der Waals surface area contributed by atoms with Crippen LogP contribution in [0.3, 0.4) is 0 Å². The van der Waals surface area contributed by atoms with E-state index in [1.807, 2.05) is 12.1 Å². The van der Waals surface area contributed by atoms with E-state index in [0.717, 1.165) is 26.6 Å². The van der Waals surface area contributed by atoms with E-state index in [4.69, 9.17) is 32.8 Å². The fourth-order valence-corrected chi connectivity index (χ4v) is 4.10. The first-order valence-corrected chi connectivity index (χ1v) is 11.9. The third-order valence-electron chi connectivity index (χ3n) is 4.66. The van der Waals surface area contributed by atoms with Gasteiger partial charge in [0.05, 0.1) is 0 Å². The van der Waals surface area contributed by atoms with Crippen LogP contribution in [0.15, 0.2) is 77.6 Å². The SMILES string of the molecule is CO[C](=[W])C1=C(/C(C)=C/c2ccccc2)ON(C(C)(C)C)C1c1ccccc1.[C-]#[O+].[C-]#[O+].[C-]#[O+].[C-]#[O+].[C-]#[O+]. The molecule has 2 aromatic rings. The molecule has 0 bridgehead atoms. The Morgan fingerprint density at radius 1 is 0.842 bits per heavy atom. The molecular formula is C29H27NO7W. The molecule has 196 valence electrons. The first kappa shape index (κ1) is 39.4. The summed E-state index contributed by atoms with van der Waals surface area (Å²) in [6.07, 6.45) is 2.17. The second-order valence-electron chi connectivity index (χ2n) is 7.87. The zero-order valence-electron chi connectivity index (χ0n) is 21.6. The first-order valence-electron chi connectivity index (χ1n) is 10.4. The standard InChI is InChI=1S/C24H27NO2.5CO.W/c1-18(16-19-12-8-6-9-13-19)23-21(17-26-5)22(20-14-10-7-11-15-20)25(27-23)24(2,3)4;5*1-2;/h6-16,22H,1-5H3;;;;;;/b18-16+;;;;;;. The minimum atomic E-state index is -0.177. The average molecular weight is 685 g/mol. The molecule has 0 radical (unpaired) electrons. The summed E-state index contributed by atoms with van der Waals surface area (Å²) < 4.78 is 44.2. The topological polar surface area (TPSA) is 121 Å². The first-order chi connectivity index (χ1) is 18.3. The number of rotatable bonds is 5. The number of methoxy groups -OCH3 is 1. The summed E-state index contributed by atoms with van der Waals surface area (Å²) in [4.78, 5) is 6.52. The van der Waals surface area contributed by atoms with Crippen molar-refractivity contribution in [1.82, 2.24) is 5.06 Å². The van der Waals surface area contributed by atoms with Crippen molar-refractivity contribution in [3.05, 3.63) is 122 Å². The van der Waals surface area contributed by atoms with Gasteiger partial charge in [0.2, 0.25) is 0 Å². The molecular weight excluding hydrogens is 658 g/mol. The Morgan fingerprint density at radius 2 is 1.26 bits per heavy atom. The average Bonchev–Trinajstić information content (AvgIpc) is 3.41. The van der Waals surface area contributed by atoms with Gasteiger partial charge in [-0.1, -0.05) is 0 Å². The van der Waals surface area contributed by atoms with Crippen LogP contribution in [0.25, 0.3) is 6.08 Å². The maximum absolute atomic E-state index is 7.50. The van der Waals surface area contributed by atoms with Crippen molar-refractivity contribution in [2.45, 2.75) is 39.3 Å². The molecule has 0 spiro atoms. The Bertz CT molecular complexity index is 1090. The van der Waals surface area contributed by atoms with Crippen LogP contribution < -0.4 is 0 Å². The number of ether oxygens (including phenoxy) is 1. The van der Waals surface area contributed by atoms with Crippen LogP contribution in [0.4, 0.5) is 0 Å². The van der Waals surface area contributed by atoms with Crippen LogP contribution in [0.2, 0.25) is 0 Å². The molecule has 3 rings (SSSR count). The molecule has 0 saturated heterocycles. The third kappa shape index (κ3) is 12.0. The van der Waals surface area contributed by atoms with Crippen molar-refractivity contribution in [2.24, 2.45) is 0 Å². The Hall–Kier alpha value is -3.10. The van der Waals surface area contributed by atoms with Gasteiger partial charge in [0.25, 0.3) is 0 Å². The summed E-state index contributed by atoms with van der Waals surface area (Å²) >= 11 is 1.29. The Morgan fingerprint density at radius 3 is 1.66 bits per heavy atom. The number of benzene rings is 2. The predicted molar refractivity (Wildman–Crippen MR) is 131 cm³/mol. The molecule has 2 aromatic carbocycles. The molecule has 8 nitrogen and oxygen atoms in total. The fourth-order valence-electron chi connectivity index (χ4n) is 3.37. The number of nitrogens with zero attached hydrogens (tertiary/aromatic N) is 1.